The summed E-state index contributed by atoms with van der Waals surface area (Å²) in [6.45, 7) is 10.2. The van der Waals surface area contributed by atoms with Gasteiger partial charge >= 0.3 is 5.97 Å². The summed E-state index contributed by atoms with van der Waals surface area (Å²) >= 11 is 0. The molecule has 1 heterocycles. The molecule has 0 aromatic heterocycles. The SMILES string of the molecule is CC(C)c1ccccc1NC(=O)[C@@H](C)OC(=O)c1ccc(C[NH+]2CCOCC2)cc1. The lowest BCUT2D eigenvalue weighted by molar-refractivity contribution is -0.921. The third-order valence-electron chi connectivity index (χ3n) is 5.34. The quantitative estimate of drug-likeness (QED) is 0.687. The predicted molar refractivity (Wildman–Crippen MR) is 116 cm³/mol. The molecule has 0 spiro atoms. The van der Waals surface area contributed by atoms with Gasteiger partial charge in [0.15, 0.2) is 6.10 Å². The molecule has 1 saturated heterocycles. The van der Waals surface area contributed by atoms with Gasteiger partial charge in [0.05, 0.1) is 18.8 Å². The molecule has 1 aliphatic heterocycles. The Morgan fingerprint density at radius 1 is 1.03 bits per heavy atom. The Kier molecular flexibility index (Phi) is 7.60. The number of anilines is 1. The maximum absolute atomic E-state index is 12.5. The number of hydrogen-bond acceptors (Lipinski definition) is 4. The second kappa shape index (κ2) is 10.4. The van der Waals surface area contributed by atoms with Gasteiger partial charge in [-0.15, -0.1) is 0 Å². The van der Waals surface area contributed by atoms with Crippen LogP contribution in [0.25, 0.3) is 0 Å². The van der Waals surface area contributed by atoms with Gasteiger partial charge in [0, 0.05) is 11.3 Å². The first-order chi connectivity index (χ1) is 14.4. The van der Waals surface area contributed by atoms with Crippen LogP contribution in [0, 0.1) is 0 Å². The molecule has 30 heavy (non-hydrogen) atoms. The van der Waals surface area contributed by atoms with E-state index in [1.807, 2.05) is 36.4 Å². The Hall–Kier alpha value is -2.70. The van der Waals surface area contributed by atoms with E-state index in [2.05, 4.69) is 19.2 Å². The van der Waals surface area contributed by atoms with E-state index in [0.717, 1.165) is 44.1 Å². The summed E-state index contributed by atoms with van der Waals surface area (Å²) in [6.07, 6.45) is -0.893. The molecule has 3 rings (SSSR count). The van der Waals surface area contributed by atoms with Gasteiger partial charge in [0.25, 0.3) is 5.91 Å². The molecule has 2 aromatic rings. The van der Waals surface area contributed by atoms with Crippen LogP contribution in [0.15, 0.2) is 48.5 Å². The third kappa shape index (κ3) is 5.90. The van der Waals surface area contributed by atoms with Crippen LogP contribution in [-0.2, 0) is 20.8 Å². The van der Waals surface area contributed by atoms with Crippen molar-refractivity contribution in [2.45, 2.75) is 39.3 Å². The molecule has 0 radical (unpaired) electrons. The van der Waals surface area contributed by atoms with Gasteiger partial charge in [0.2, 0.25) is 0 Å². The Bertz CT molecular complexity index is 858. The number of benzene rings is 2. The second-order valence-corrected chi connectivity index (χ2v) is 8.01. The monoisotopic (exact) mass is 411 g/mol. The molecular weight excluding hydrogens is 380 g/mol. The van der Waals surface area contributed by atoms with E-state index in [1.54, 1.807) is 19.1 Å². The standard InChI is InChI=1S/C24H30N2O4/c1-17(2)21-6-4-5-7-22(21)25-23(27)18(3)30-24(28)20-10-8-19(9-11-20)16-26-12-14-29-15-13-26/h4-11,17-18H,12-16H2,1-3H3,(H,25,27)/p+1/t18-/m1/s1. The van der Waals surface area contributed by atoms with E-state index in [-0.39, 0.29) is 11.8 Å². The van der Waals surface area contributed by atoms with Crippen LogP contribution >= 0.6 is 0 Å². The number of rotatable bonds is 7. The highest BCUT2D eigenvalue weighted by Gasteiger charge is 2.21. The maximum atomic E-state index is 12.5. The summed E-state index contributed by atoms with van der Waals surface area (Å²) in [7, 11) is 0. The molecule has 2 N–H and O–H groups in total. The number of carbonyl (C=O) groups is 2. The molecule has 1 amide bonds. The molecule has 2 aromatic carbocycles. The largest absolute Gasteiger partial charge is 0.449 e. The molecule has 0 saturated carbocycles. The number of hydrogen-bond donors (Lipinski definition) is 2. The lowest BCUT2D eigenvalue weighted by atomic mass is 10.0. The van der Waals surface area contributed by atoms with Crippen molar-refractivity contribution in [1.82, 2.24) is 0 Å². The van der Waals surface area contributed by atoms with E-state index in [0.29, 0.717) is 5.56 Å². The summed E-state index contributed by atoms with van der Waals surface area (Å²) in [5.41, 5.74) is 3.40. The number of quaternary nitrogens is 1. The average Bonchev–Trinajstić information content (AvgIpc) is 2.75. The average molecular weight is 412 g/mol. The first-order valence-electron chi connectivity index (χ1n) is 10.5. The van der Waals surface area contributed by atoms with Crippen LogP contribution < -0.4 is 10.2 Å². The lowest BCUT2D eigenvalue weighted by Gasteiger charge is -2.23. The van der Waals surface area contributed by atoms with Crippen LogP contribution in [0.2, 0.25) is 0 Å². The molecule has 0 bridgehead atoms. The van der Waals surface area contributed by atoms with Gasteiger partial charge < -0.3 is 19.7 Å². The molecule has 6 nitrogen and oxygen atoms in total. The highest BCUT2D eigenvalue weighted by Crippen LogP contribution is 2.24. The first kappa shape index (κ1) is 22.0. The third-order valence-corrected chi connectivity index (χ3v) is 5.34. The smallest absolute Gasteiger partial charge is 0.338 e. The fraction of sp³-hybridized carbons (Fsp3) is 0.417. The number of esters is 1. The van der Waals surface area contributed by atoms with E-state index in [9.17, 15) is 9.59 Å². The Balaban J connectivity index is 1.55. The van der Waals surface area contributed by atoms with Crippen LogP contribution in [0.5, 0.6) is 0 Å². The van der Waals surface area contributed by atoms with Gasteiger partial charge in [-0.3, -0.25) is 4.79 Å². The predicted octanol–water partition coefficient (Wildman–Crippen LogP) is 2.41. The topological polar surface area (TPSA) is 69.1 Å². The van der Waals surface area contributed by atoms with Crippen molar-refractivity contribution >= 4 is 17.6 Å². The normalized spacial score (nSPS) is 15.6. The van der Waals surface area contributed by atoms with Crippen LogP contribution in [0.4, 0.5) is 5.69 Å². The molecule has 6 heteroatoms. The first-order valence-corrected chi connectivity index (χ1v) is 10.5. The molecule has 1 fully saturated rings. The molecule has 0 aliphatic carbocycles. The van der Waals surface area contributed by atoms with Crippen LogP contribution in [0.1, 0.15) is 48.2 Å². The van der Waals surface area contributed by atoms with Gasteiger partial charge in [-0.2, -0.15) is 0 Å². The minimum Gasteiger partial charge on any atom is -0.449 e. The summed E-state index contributed by atoms with van der Waals surface area (Å²) < 4.78 is 10.8. The molecule has 1 atom stereocenters. The van der Waals surface area contributed by atoms with Crippen molar-refractivity contribution in [3.05, 3.63) is 65.2 Å². The van der Waals surface area contributed by atoms with Crippen LogP contribution in [0.3, 0.4) is 0 Å². The highest BCUT2D eigenvalue weighted by molar-refractivity contribution is 5.97. The molecular formula is C24H31N2O4+. The Morgan fingerprint density at radius 3 is 2.37 bits per heavy atom. The highest BCUT2D eigenvalue weighted by atomic mass is 16.5. The van der Waals surface area contributed by atoms with Crippen molar-refractivity contribution in [2.24, 2.45) is 0 Å². The zero-order valence-electron chi connectivity index (χ0n) is 17.9. The van der Waals surface area contributed by atoms with Gasteiger partial charge in [-0.25, -0.2) is 4.79 Å². The fourth-order valence-electron chi connectivity index (χ4n) is 3.51. The summed E-state index contributed by atoms with van der Waals surface area (Å²) in [5, 5.41) is 2.87. The number of carbonyl (C=O) groups excluding carboxylic acids is 2. The van der Waals surface area contributed by atoms with Gasteiger partial charge in [-0.1, -0.05) is 44.2 Å². The van der Waals surface area contributed by atoms with E-state index in [4.69, 9.17) is 9.47 Å². The van der Waals surface area contributed by atoms with Gasteiger partial charge in [0.1, 0.15) is 19.6 Å². The Labute approximate surface area is 178 Å². The number of ether oxygens (including phenoxy) is 2. The summed E-state index contributed by atoms with van der Waals surface area (Å²) in [5.74, 6) is -0.568. The van der Waals surface area contributed by atoms with Crippen molar-refractivity contribution in [3.63, 3.8) is 0 Å². The van der Waals surface area contributed by atoms with Crippen molar-refractivity contribution in [3.8, 4) is 0 Å². The number of amides is 1. The second-order valence-electron chi connectivity index (χ2n) is 8.01. The van der Waals surface area contributed by atoms with E-state index >= 15 is 0 Å². The van der Waals surface area contributed by atoms with E-state index in [1.165, 1.54) is 10.5 Å². The molecule has 1 aliphatic rings. The van der Waals surface area contributed by atoms with Crippen molar-refractivity contribution in [1.29, 1.82) is 0 Å². The maximum Gasteiger partial charge on any atom is 0.338 e. The molecule has 0 unspecified atom stereocenters. The number of nitrogens with one attached hydrogen (secondary N) is 2. The summed E-state index contributed by atoms with van der Waals surface area (Å²) in [4.78, 5) is 26.5. The minimum absolute atomic E-state index is 0.275. The van der Waals surface area contributed by atoms with Gasteiger partial charge in [-0.05, 0) is 36.6 Å². The van der Waals surface area contributed by atoms with Crippen LogP contribution in [-0.4, -0.2) is 44.3 Å². The number of para-hydroxylation sites is 1. The zero-order valence-corrected chi connectivity index (χ0v) is 17.9. The molecule has 160 valence electrons. The Morgan fingerprint density at radius 2 is 1.70 bits per heavy atom. The summed E-state index contributed by atoms with van der Waals surface area (Å²) in [6, 6.07) is 15.1. The lowest BCUT2D eigenvalue weighted by Crippen LogP contribution is -3.12. The zero-order chi connectivity index (χ0) is 21.5. The minimum atomic E-state index is -0.893. The van der Waals surface area contributed by atoms with Crippen molar-refractivity contribution in [2.75, 3.05) is 31.6 Å². The van der Waals surface area contributed by atoms with Crippen molar-refractivity contribution < 1.29 is 24.0 Å². The fourth-order valence-corrected chi connectivity index (χ4v) is 3.51. The van der Waals surface area contributed by atoms with E-state index < -0.39 is 12.1 Å². The number of morpholine rings is 1.